The summed E-state index contributed by atoms with van der Waals surface area (Å²) in [6.07, 6.45) is -0.544. The summed E-state index contributed by atoms with van der Waals surface area (Å²) < 4.78 is 23.2. The number of carbonyl (C=O) groups is 1. The number of nitrogens with zero attached hydrogens (tertiary/aromatic N) is 1. The zero-order chi connectivity index (χ0) is 23.5. The van der Waals surface area contributed by atoms with E-state index >= 15 is 0 Å². The molecule has 1 atom stereocenters. The van der Waals surface area contributed by atoms with Crippen LogP contribution in [0.4, 0.5) is 11.4 Å². The number of hydrogen-bond donors (Lipinski definition) is 1. The van der Waals surface area contributed by atoms with Gasteiger partial charge in [-0.05, 0) is 78.0 Å². The SMILES string of the molecule is CCOc1ccc(N2C(=O)c3cc(I)ccc3N[C@H]2c2cc(OC)c(OC)cc2OC)cc1. The maximum absolute atomic E-state index is 13.8. The van der Waals surface area contributed by atoms with E-state index in [0.717, 1.165) is 26.3 Å². The highest BCUT2D eigenvalue weighted by Crippen LogP contribution is 2.44. The number of anilines is 2. The van der Waals surface area contributed by atoms with E-state index in [2.05, 4.69) is 27.9 Å². The number of amides is 1. The van der Waals surface area contributed by atoms with Crippen LogP contribution in [0.2, 0.25) is 0 Å². The summed E-state index contributed by atoms with van der Waals surface area (Å²) in [7, 11) is 4.74. The van der Waals surface area contributed by atoms with Crippen LogP contribution in [-0.4, -0.2) is 33.8 Å². The van der Waals surface area contributed by atoms with E-state index < -0.39 is 6.17 Å². The fourth-order valence-electron chi connectivity index (χ4n) is 3.90. The van der Waals surface area contributed by atoms with Gasteiger partial charge in [-0.25, -0.2) is 0 Å². The summed E-state index contributed by atoms with van der Waals surface area (Å²) in [4.78, 5) is 15.5. The molecule has 0 aromatic heterocycles. The van der Waals surface area contributed by atoms with Crippen LogP contribution >= 0.6 is 22.6 Å². The van der Waals surface area contributed by atoms with Gasteiger partial charge in [0.05, 0.1) is 33.5 Å². The summed E-state index contributed by atoms with van der Waals surface area (Å²) in [6.45, 7) is 2.50. The molecule has 0 saturated carbocycles. The van der Waals surface area contributed by atoms with Crippen LogP contribution in [0, 0.1) is 3.57 Å². The van der Waals surface area contributed by atoms with Crippen molar-refractivity contribution >= 4 is 39.9 Å². The van der Waals surface area contributed by atoms with Crippen molar-refractivity contribution in [1.29, 1.82) is 0 Å². The van der Waals surface area contributed by atoms with Crippen LogP contribution in [0.1, 0.15) is 29.0 Å². The number of fused-ring (bicyclic) bond motifs is 1. The van der Waals surface area contributed by atoms with Crippen LogP contribution in [0.15, 0.2) is 54.6 Å². The molecule has 0 unspecified atom stereocenters. The number of nitrogens with one attached hydrogen (secondary N) is 1. The number of halogens is 1. The van der Waals surface area contributed by atoms with Crippen molar-refractivity contribution in [2.75, 3.05) is 38.2 Å². The van der Waals surface area contributed by atoms with Gasteiger partial charge in [-0.1, -0.05) is 0 Å². The molecule has 0 radical (unpaired) electrons. The first-order valence-electron chi connectivity index (χ1n) is 10.4. The Hall–Kier alpha value is -3.14. The number of methoxy groups -OCH3 is 3. The van der Waals surface area contributed by atoms with Gasteiger partial charge >= 0.3 is 0 Å². The molecule has 1 amide bonds. The number of ether oxygens (including phenoxy) is 4. The van der Waals surface area contributed by atoms with E-state index in [1.54, 1.807) is 32.3 Å². The lowest BCUT2D eigenvalue weighted by Crippen LogP contribution is -2.43. The second kappa shape index (κ2) is 9.78. The van der Waals surface area contributed by atoms with Gasteiger partial charge in [0.2, 0.25) is 0 Å². The smallest absolute Gasteiger partial charge is 0.262 e. The molecule has 0 bridgehead atoms. The fourth-order valence-corrected chi connectivity index (χ4v) is 4.39. The van der Waals surface area contributed by atoms with Gasteiger partial charge in [-0.3, -0.25) is 9.69 Å². The third-order valence-electron chi connectivity index (χ3n) is 5.44. The first-order valence-corrected chi connectivity index (χ1v) is 11.5. The van der Waals surface area contributed by atoms with Gasteiger partial charge in [0.15, 0.2) is 11.5 Å². The minimum absolute atomic E-state index is 0.117. The van der Waals surface area contributed by atoms with Gasteiger partial charge in [0.1, 0.15) is 17.7 Å². The van der Waals surface area contributed by atoms with Crippen molar-refractivity contribution in [2.24, 2.45) is 0 Å². The van der Waals surface area contributed by atoms with Crippen LogP contribution < -0.4 is 29.2 Å². The monoisotopic (exact) mass is 560 g/mol. The van der Waals surface area contributed by atoms with Crippen LogP contribution in [0.25, 0.3) is 0 Å². The first-order chi connectivity index (χ1) is 16.0. The molecule has 1 N–H and O–H groups in total. The van der Waals surface area contributed by atoms with E-state index in [4.69, 9.17) is 18.9 Å². The highest BCUT2D eigenvalue weighted by atomic mass is 127. The highest BCUT2D eigenvalue weighted by molar-refractivity contribution is 14.1. The Balaban J connectivity index is 1.89. The lowest BCUT2D eigenvalue weighted by atomic mass is 10.0. The van der Waals surface area contributed by atoms with Crippen molar-refractivity contribution < 1.29 is 23.7 Å². The zero-order valence-electron chi connectivity index (χ0n) is 18.8. The topological polar surface area (TPSA) is 69.3 Å². The number of rotatable bonds is 7. The standard InChI is InChI=1S/C25H25IN2O5/c1-5-33-17-9-7-16(8-10-17)28-24(27-20-11-6-15(26)12-18(20)25(28)29)19-13-22(31-3)23(32-4)14-21(19)30-2/h6-14,24,27H,5H2,1-4H3/t24-/m1/s1. The van der Waals surface area contributed by atoms with Crippen LogP contribution in [0.5, 0.6) is 23.0 Å². The van der Waals surface area contributed by atoms with Gasteiger partial charge in [-0.15, -0.1) is 0 Å². The molecule has 1 aliphatic rings. The second-order valence-corrected chi connectivity index (χ2v) is 8.53. The second-order valence-electron chi connectivity index (χ2n) is 7.29. The van der Waals surface area contributed by atoms with Crippen molar-refractivity contribution in [3.63, 3.8) is 0 Å². The van der Waals surface area contributed by atoms with Gasteiger partial charge in [0, 0.05) is 26.6 Å². The number of carbonyl (C=O) groups excluding carboxylic acids is 1. The van der Waals surface area contributed by atoms with E-state index in [1.807, 2.05) is 55.5 Å². The van der Waals surface area contributed by atoms with Crippen LogP contribution in [0.3, 0.4) is 0 Å². The van der Waals surface area contributed by atoms with Gasteiger partial charge in [0.25, 0.3) is 5.91 Å². The van der Waals surface area contributed by atoms with Gasteiger partial charge in [-0.2, -0.15) is 0 Å². The molecule has 7 nitrogen and oxygen atoms in total. The zero-order valence-corrected chi connectivity index (χ0v) is 21.0. The van der Waals surface area contributed by atoms with Crippen molar-refractivity contribution in [2.45, 2.75) is 13.1 Å². The van der Waals surface area contributed by atoms with E-state index in [1.165, 1.54) is 0 Å². The number of benzene rings is 3. The lowest BCUT2D eigenvalue weighted by Gasteiger charge is -2.39. The Morgan fingerprint density at radius 1 is 0.909 bits per heavy atom. The molecule has 33 heavy (non-hydrogen) atoms. The van der Waals surface area contributed by atoms with E-state index in [-0.39, 0.29) is 5.91 Å². The molecule has 0 saturated heterocycles. The van der Waals surface area contributed by atoms with Crippen LogP contribution in [-0.2, 0) is 0 Å². The normalized spacial score (nSPS) is 14.9. The summed E-state index contributed by atoms with van der Waals surface area (Å²) in [5, 5.41) is 3.52. The summed E-state index contributed by atoms with van der Waals surface area (Å²) >= 11 is 2.21. The van der Waals surface area contributed by atoms with E-state index in [0.29, 0.717) is 29.4 Å². The molecular weight excluding hydrogens is 535 g/mol. The Labute approximate surface area is 206 Å². The maximum atomic E-state index is 13.8. The molecule has 0 spiro atoms. The minimum atomic E-state index is -0.544. The third-order valence-corrected chi connectivity index (χ3v) is 6.11. The molecule has 8 heteroatoms. The average Bonchev–Trinajstić information content (AvgIpc) is 2.84. The molecule has 0 fully saturated rings. The molecule has 3 aromatic carbocycles. The summed E-state index contributed by atoms with van der Waals surface area (Å²) in [5.74, 6) is 2.29. The average molecular weight is 560 g/mol. The van der Waals surface area contributed by atoms with Crippen molar-refractivity contribution in [1.82, 2.24) is 0 Å². The Kier molecular flexibility index (Phi) is 6.83. The summed E-state index contributed by atoms with van der Waals surface area (Å²) in [5.41, 5.74) is 2.82. The van der Waals surface area contributed by atoms with E-state index in [9.17, 15) is 4.79 Å². The molecule has 3 aromatic rings. The molecular formula is C25H25IN2O5. The highest BCUT2D eigenvalue weighted by Gasteiger charge is 2.36. The molecule has 1 aliphatic heterocycles. The van der Waals surface area contributed by atoms with Crippen molar-refractivity contribution in [3.05, 3.63) is 69.3 Å². The quantitative estimate of drug-likeness (QED) is 0.386. The molecule has 172 valence electrons. The lowest BCUT2D eigenvalue weighted by molar-refractivity contribution is 0.0974. The Bertz CT molecular complexity index is 1170. The number of hydrogen-bond acceptors (Lipinski definition) is 6. The predicted octanol–water partition coefficient (Wildman–Crippen LogP) is 5.49. The fraction of sp³-hybridized carbons (Fsp3) is 0.240. The maximum Gasteiger partial charge on any atom is 0.262 e. The Morgan fingerprint density at radius 2 is 1.58 bits per heavy atom. The Morgan fingerprint density at radius 3 is 2.21 bits per heavy atom. The molecule has 0 aliphatic carbocycles. The largest absolute Gasteiger partial charge is 0.496 e. The molecule has 4 rings (SSSR count). The van der Waals surface area contributed by atoms with Crippen molar-refractivity contribution in [3.8, 4) is 23.0 Å². The predicted molar refractivity (Wildman–Crippen MR) is 136 cm³/mol. The first kappa shape index (κ1) is 23.0. The summed E-state index contributed by atoms with van der Waals surface area (Å²) in [6, 6.07) is 16.8. The third kappa shape index (κ3) is 4.39. The molecule has 1 heterocycles. The minimum Gasteiger partial charge on any atom is -0.496 e. The van der Waals surface area contributed by atoms with Gasteiger partial charge < -0.3 is 24.3 Å².